The summed E-state index contributed by atoms with van der Waals surface area (Å²) in [6, 6.07) is 5.90. The first-order chi connectivity index (χ1) is 11.3. The van der Waals surface area contributed by atoms with Gasteiger partial charge in [0, 0.05) is 17.8 Å². The summed E-state index contributed by atoms with van der Waals surface area (Å²) in [6.45, 7) is 1.56. The Balaban J connectivity index is 2.39. The van der Waals surface area contributed by atoms with E-state index in [1.54, 1.807) is 6.92 Å². The molecule has 1 heterocycles. The third kappa shape index (κ3) is 3.73. The quantitative estimate of drug-likeness (QED) is 0.378. The zero-order valence-electron chi connectivity index (χ0n) is 12.2. The first kappa shape index (κ1) is 17.1. The molecule has 11 heteroatoms. The van der Waals surface area contributed by atoms with Gasteiger partial charge in [0.05, 0.1) is 33.5 Å². The van der Waals surface area contributed by atoms with Crippen molar-refractivity contribution in [1.29, 1.82) is 0 Å². The average molecular weight is 352 g/mol. The van der Waals surface area contributed by atoms with Gasteiger partial charge in [-0.05, 0) is 25.1 Å². The van der Waals surface area contributed by atoms with Crippen LogP contribution in [0, 0.1) is 20.2 Å². The first-order valence-electron chi connectivity index (χ1n) is 6.39. The molecule has 0 saturated carbocycles. The van der Waals surface area contributed by atoms with E-state index in [4.69, 9.17) is 11.8 Å². The molecule has 0 unspecified atom stereocenters. The second-order valence-electron chi connectivity index (χ2n) is 4.53. The molecule has 24 heavy (non-hydrogen) atoms. The molecule has 0 bridgehead atoms. The van der Waals surface area contributed by atoms with Crippen molar-refractivity contribution < 1.29 is 15.0 Å². The van der Waals surface area contributed by atoms with Crippen molar-refractivity contribution in [2.75, 3.05) is 4.53 Å². The molecule has 124 valence electrons. The summed E-state index contributed by atoms with van der Waals surface area (Å²) in [5, 5.41) is 35.0. The fourth-order valence-electron chi connectivity index (χ4n) is 1.76. The molecule has 2 aromatic rings. The molecule has 0 fully saturated rings. The largest absolute Gasteiger partial charge is 0.506 e. The Bertz CT molecular complexity index is 824. The van der Waals surface area contributed by atoms with E-state index in [-0.39, 0.29) is 11.4 Å². The van der Waals surface area contributed by atoms with Crippen LogP contribution < -0.4 is 4.53 Å². The molecule has 0 aliphatic rings. The van der Waals surface area contributed by atoms with E-state index in [2.05, 4.69) is 10.1 Å². The van der Waals surface area contributed by atoms with Crippen LogP contribution in [0.4, 0.5) is 17.1 Å². The number of halogens is 1. The topological polar surface area (TPSA) is 135 Å². The Morgan fingerprint density at radius 3 is 2.50 bits per heavy atom. The number of non-ortho nitro benzene ring substituents is 1. The Hall–Kier alpha value is -3.27. The minimum atomic E-state index is -0.790. The highest BCUT2D eigenvalue weighted by Crippen LogP contribution is 2.33. The molecular formula is C13H10ClN5O5. The number of pyridine rings is 1. The molecule has 0 saturated heterocycles. The van der Waals surface area contributed by atoms with Crippen molar-refractivity contribution in [3.05, 3.63) is 62.5 Å². The molecular weight excluding hydrogens is 342 g/mol. The molecule has 0 amide bonds. The third-order valence-electron chi connectivity index (χ3n) is 2.92. The van der Waals surface area contributed by atoms with Gasteiger partial charge in [-0.2, -0.15) is 9.63 Å². The van der Waals surface area contributed by atoms with Gasteiger partial charge in [-0.3, -0.25) is 25.2 Å². The Labute approximate surface area is 140 Å². The van der Waals surface area contributed by atoms with Crippen LogP contribution in [-0.4, -0.2) is 25.6 Å². The SMILES string of the molecule is CC(=NN(Cl)c1ccc([N+](=O)[O-])cc1[N+](=O)[O-])c1ccc(O)cn1. The van der Waals surface area contributed by atoms with E-state index < -0.39 is 21.2 Å². The molecule has 0 aliphatic carbocycles. The fourth-order valence-corrected chi connectivity index (χ4v) is 2.02. The number of anilines is 1. The smallest absolute Gasteiger partial charge is 0.302 e. The van der Waals surface area contributed by atoms with E-state index in [9.17, 15) is 25.3 Å². The Kier molecular flexibility index (Phi) is 4.90. The highest BCUT2D eigenvalue weighted by molar-refractivity contribution is 6.26. The number of rotatable bonds is 5. The van der Waals surface area contributed by atoms with Gasteiger partial charge in [0.25, 0.3) is 5.69 Å². The average Bonchev–Trinajstić information content (AvgIpc) is 2.54. The zero-order chi connectivity index (χ0) is 17.9. The van der Waals surface area contributed by atoms with Crippen LogP contribution in [-0.2, 0) is 0 Å². The molecule has 0 aliphatic heterocycles. The monoisotopic (exact) mass is 351 g/mol. The van der Waals surface area contributed by atoms with E-state index in [1.807, 2.05) is 0 Å². The summed E-state index contributed by atoms with van der Waals surface area (Å²) in [6.07, 6.45) is 1.21. The Morgan fingerprint density at radius 2 is 1.96 bits per heavy atom. The maximum Gasteiger partial charge on any atom is 0.302 e. The molecule has 1 N–H and O–H groups in total. The minimum absolute atomic E-state index is 0.0275. The molecule has 0 atom stereocenters. The lowest BCUT2D eigenvalue weighted by Crippen LogP contribution is -2.09. The second kappa shape index (κ2) is 6.87. The maximum absolute atomic E-state index is 11.1. The standard InChI is InChI=1S/C13H10ClN5O5/c1-8(11-4-3-10(20)7-15-11)16-17(14)12-5-2-9(18(21)22)6-13(12)19(23)24/h2-7,20H,1H3. The molecule has 1 aromatic heterocycles. The molecule has 10 nitrogen and oxygen atoms in total. The van der Waals surface area contributed by atoms with E-state index >= 15 is 0 Å². The molecule has 2 rings (SSSR count). The summed E-state index contributed by atoms with van der Waals surface area (Å²) in [4.78, 5) is 24.2. The summed E-state index contributed by atoms with van der Waals surface area (Å²) in [5.74, 6) is -0.0275. The van der Waals surface area contributed by atoms with Gasteiger partial charge in [0.2, 0.25) is 0 Å². The summed E-state index contributed by atoms with van der Waals surface area (Å²) < 4.78 is 0.714. The molecule has 0 spiro atoms. The number of nitro groups is 2. The van der Waals surface area contributed by atoms with Crippen LogP contribution in [0.1, 0.15) is 12.6 Å². The number of aromatic hydroxyl groups is 1. The van der Waals surface area contributed by atoms with Gasteiger partial charge in [-0.1, -0.05) is 0 Å². The number of hydrogen-bond donors (Lipinski definition) is 1. The van der Waals surface area contributed by atoms with Gasteiger partial charge in [-0.15, -0.1) is 0 Å². The number of nitrogens with zero attached hydrogens (tertiary/aromatic N) is 5. The number of hydrogen-bond acceptors (Lipinski definition) is 8. The van der Waals surface area contributed by atoms with Gasteiger partial charge in [-0.25, -0.2) is 0 Å². The van der Waals surface area contributed by atoms with E-state index in [0.29, 0.717) is 15.9 Å². The van der Waals surface area contributed by atoms with Crippen molar-refractivity contribution >= 4 is 34.6 Å². The minimum Gasteiger partial charge on any atom is -0.506 e. The third-order valence-corrected chi connectivity index (χ3v) is 3.18. The van der Waals surface area contributed by atoms with Crippen LogP contribution >= 0.6 is 11.8 Å². The van der Waals surface area contributed by atoms with Crippen molar-refractivity contribution in [3.8, 4) is 5.75 Å². The zero-order valence-corrected chi connectivity index (χ0v) is 12.9. The normalized spacial score (nSPS) is 11.2. The van der Waals surface area contributed by atoms with Gasteiger partial charge < -0.3 is 5.11 Å². The van der Waals surface area contributed by atoms with Gasteiger partial charge >= 0.3 is 5.69 Å². The summed E-state index contributed by atoms with van der Waals surface area (Å²) in [5.41, 5.74) is -0.420. The van der Waals surface area contributed by atoms with Crippen molar-refractivity contribution in [2.45, 2.75) is 6.92 Å². The van der Waals surface area contributed by atoms with Crippen LogP contribution in [0.2, 0.25) is 0 Å². The lowest BCUT2D eigenvalue weighted by molar-refractivity contribution is -0.393. The van der Waals surface area contributed by atoms with Crippen LogP contribution in [0.5, 0.6) is 5.75 Å². The van der Waals surface area contributed by atoms with Crippen molar-refractivity contribution in [1.82, 2.24) is 4.98 Å². The van der Waals surface area contributed by atoms with Crippen molar-refractivity contribution in [2.24, 2.45) is 5.10 Å². The predicted octanol–water partition coefficient (Wildman–Crippen LogP) is 2.99. The first-order valence-corrected chi connectivity index (χ1v) is 6.72. The number of aromatic nitrogens is 1. The van der Waals surface area contributed by atoms with Gasteiger partial charge in [0.15, 0.2) is 5.69 Å². The molecule has 1 aromatic carbocycles. The molecule has 0 radical (unpaired) electrons. The Morgan fingerprint density at radius 1 is 1.25 bits per heavy atom. The number of benzene rings is 1. The van der Waals surface area contributed by atoms with Crippen LogP contribution in [0.15, 0.2) is 41.6 Å². The fraction of sp³-hybridized carbons (Fsp3) is 0.0769. The second-order valence-corrected chi connectivity index (χ2v) is 4.85. The van der Waals surface area contributed by atoms with E-state index in [0.717, 1.165) is 18.2 Å². The van der Waals surface area contributed by atoms with Crippen LogP contribution in [0.25, 0.3) is 0 Å². The maximum atomic E-state index is 11.1. The summed E-state index contributed by atoms with van der Waals surface area (Å²) in [7, 11) is 0. The highest BCUT2D eigenvalue weighted by Gasteiger charge is 2.23. The van der Waals surface area contributed by atoms with Crippen LogP contribution in [0.3, 0.4) is 0 Å². The predicted molar refractivity (Wildman–Crippen MR) is 86.2 cm³/mol. The lowest BCUT2D eigenvalue weighted by Gasteiger charge is -2.11. The number of hydrazone groups is 1. The summed E-state index contributed by atoms with van der Waals surface area (Å²) >= 11 is 5.96. The highest BCUT2D eigenvalue weighted by atomic mass is 35.5. The van der Waals surface area contributed by atoms with Crippen molar-refractivity contribution in [3.63, 3.8) is 0 Å². The number of nitro benzene ring substituents is 2. The van der Waals surface area contributed by atoms with Gasteiger partial charge in [0.1, 0.15) is 5.75 Å². The van der Waals surface area contributed by atoms with E-state index in [1.165, 1.54) is 18.3 Å². The lowest BCUT2D eigenvalue weighted by atomic mass is 10.2.